The Kier molecular flexibility index (Phi) is 10.2. The first-order valence-electron chi connectivity index (χ1n) is 11.5. The Balaban J connectivity index is 1.91. The second-order valence-electron chi connectivity index (χ2n) is 9.39. The number of unbranched alkanes of at least 4 members (excludes halogenated alkanes) is 1. The molecule has 0 spiro atoms. The minimum Gasteiger partial charge on any atom is -0.480 e. The van der Waals surface area contributed by atoms with Gasteiger partial charge in [-0.1, -0.05) is 12.8 Å². The number of benzene rings is 1. The predicted molar refractivity (Wildman–Crippen MR) is 119 cm³/mol. The number of nitrogens with one attached hydrogen (secondary N) is 2. The van der Waals surface area contributed by atoms with Crippen molar-refractivity contribution in [2.45, 2.75) is 77.4 Å². The van der Waals surface area contributed by atoms with Gasteiger partial charge in [0.1, 0.15) is 12.2 Å². The Morgan fingerprint density at radius 3 is 2.35 bits per heavy atom. The van der Waals surface area contributed by atoms with Gasteiger partial charge in [-0.25, -0.2) is 13.6 Å². The Hall–Kier alpha value is -2.78. The van der Waals surface area contributed by atoms with Crippen LogP contribution in [-0.4, -0.2) is 42.6 Å². The Bertz CT molecular complexity index is 867. The van der Waals surface area contributed by atoms with E-state index in [0.29, 0.717) is 31.5 Å². The molecule has 1 fully saturated rings. The Labute approximate surface area is 197 Å². The third kappa shape index (κ3) is 8.87. The number of carbonyl (C=O) groups is 3. The number of amides is 2. The van der Waals surface area contributed by atoms with Crippen molar-refractivity contribution in [2.75, 3.05) is 13.2 Å². The first-order valence-corrected chi connectivity index (χ1v) is 11.5. The van der Waals surface area contributed by atoms with E-state index in [1.165, 1.54) is 0 Å². The first kappa shape index (κ1) is 27.5. The summed E-state index contributed by atoms with van der Waals surface area (Å²) in [5.74, 6) is -5.94. The number of ether oxygens (including phenoxy) is 2. The molecule has 10 heteroatoms. The lowest BCUT2D eigenvalue weighted by molar-refractivity contribution is -0.131. The fraction of sp³-hybridized carbons (Fsp3) is 0.625. The van der Waals surface area contributed by atoms with Crippen LogP contribution in [0.5, 0.6) is 5.75 Å². The van der Waals surface area contributed by atoms with Crippen LogP contribution in [0.1, 0.15) is 65.7 Å². The summed E-state index contributed by atoms with van der Waals surface area (Å²) in [7, 11) is 0. The molecular formula is C24H33F3N2O5. The summed E-state index contributed by atoms with van der Waals surface area (Å²) in [6.07, 6.45) is 4.02. The van der Waals surface area contributed by atoms with Crippen LogP contribution in [-0.2, 0) is 14.3 Å². The third-order valence-corrected chi connectivity index (χ3v) is 5.38. The van der Waals surface area contributed by atoms with Crippen LogP contribution < -0.4 is 15.4 Å². The molecule has 0 heterocycles. The maximum absolute atomic E-state index is 13.8. The van der Waals surface area contributed by atoms with Crippen LogP contribution in [0.2, 0.25) is 0 Å². The molecule has 0 bridgehead atoms. The van der Waals surface area contributed by atoms with Gasteiger partial charge in [0.25, 0.3) is 0 Å². The Morgan fingerprint density at radius 2 is 1.71 bits per heavy atom. The number of hydrogen-bond acceptors (Lipinski definition) is 5. The molecule has 34 heavy (non-hydrogen) atoms. The molecule has 1 saturated carbocycles. The van der Waals surface area contributed by atoms with Crippen molar-refractivity contribution in [3.05, 3.63) is 29.6 Å². The zero-order chi connectivity index (χ0) is 25.3. The van der Waals surface area contributed by atoms with Gasteiger partial charge in [0.15, 0.2) is 23.2 Å². The fourth-order valence-electron chi connectivity index (χ4n) is 3.65. The van der Waals surface area contributed by atoms with Gasteiger partial charge in [-0.15, -0.1) is 0 Å². The van der Waals surface area contributed by atoms with E-state index in [9.17, 15) is 27.6 Å². The van der Waals surface area contributed by atoms with E-state index in [1.54, 1.807) is 20.8 Å². The van der Waals surface area contributed by atoms with E-state index in [0.717, 1.165) is 25.7 Å². The number of ketones is 1. The topological polar surface area (TPSA) is 93.7 Å². The molecular weight excluding hydrogens is 453 g/mol. The van der Waals surface area contributed by atoms with Crippen molar-refractivity contribution < 1.29 is 37.0 Å². The van der Waals surface area contributed by atoms with E-state index in [1.807, 2.05) is 0 Å². The van der Waals surface area contributed by atoms with Crippen molar-refractivity contribution in [1.29, 1.82) is 0 Å². The lowest BCUT2D eigenvalue weighted by atomic mass is 10.0. The number of hydrogen-bond donors (Lipinski definition) is 2. The second kappa shape index (κ2) is 12.6. The quantitative estimate of drug-likeness (QED) is 0.357. The first-order chi connectivity index (χ1) is 16.0. The fourth-order valence-corrected chi connectivity index (χ4v) is 3.65. The van der Waals surface area contributed by atoms with Crippen molar-refractivity contribution >= 4 is 17.8 Å². The van der Waals surface area contributed by atoms with Gasteiger partial charge in [0.2, 0.25) is 11.7 Å². The number of alkyl carbamates (subject to hydrolysis) is 1. The molecule has 1 aliphatic rings. The molecule has 7 nitrogen and oxygen atoms in total. The normalized spacial score (nSPS) is 15.0. The van der Waals surface area contributed by atoms with E-state index >= 15 is 0 Å². The highest BCUT2D eigenvalue weighted by atomic mass is 19.2. The van der Waals surface area contributed by atoms with Crippen LogP contribution in [0, 0.1) is 23.4 Å². The second-order valence-corrected chi connectivity index (χ2v) is 9.39. The van der Waals surface area contributed by atoms with Gasteiger partial charge in [0, 0.05) is 12.5 Å². The van der Waals surface area contributed by atoms with Crippen LogP contribution in [0.15, 0.2) is 12.1 Å². The highest BCUT2D eigenvalue weighted by Gasteiger charge is 2.28. The summed E-state index contributed by atoms with van der Waals surface area (Å²) in [4.78, 5) is 37.0. The average Bonchev–Trinajstić information content (AvgIpc) is 3.29. The zero-order valence-corrected chi connectivity index (χ0v) is 19.8. The van der Waals surface area contributed by atoms with E-state index < -0.39 is 53.3 Å². The number of rotatable bonds is 11. The molecule has 2 rings (SSSR count). The lowest BCUT2D eigenvalue weighted by Gasteiger charge is -2.21. The summed E-state index contributed by atoms with van der Waals surface area (Å²) >= 11 is 0. The van der Waals surface area contributed by atoms with Crippen LogP contribution in [0.4, 0.5) is 18.0 Å². The molecule has 0 aromatic heterocycles. The van der Waals surface area contributed by atoms with Crippen LogP contribution in [0.25, 0.3) is 0 Å². The smallest absolute Gasteiger partial charge is 0.407 e. The van der Waals surface area contributed by atoms with Crippen LogP contribution >= 0.6 is 0 Å². The summed E-state index contributed by atoms with van der Waals surface area (Å²) in [6.45, 7) is 4.82. The molecule has 190 valence electrons. The summed E-state index contributed by atoms with van der Waals surface area (Å²) in [5.41, 5.74) is -0.618. The number of halogens is 3. The van der Waals surface area contributed by atoms with E-state index in [-0.39, 0.29) is 18.2 Å². The van der Waals surface area contributed by atoms with Crippen molar-refractivity contribution in [1.82, 2.24) is 10.6 Å². The van der Waals surface area contributed by atoms with Gasteiger partial charge in [0.05, 0.1) is 6.04 Å². The molecule has 2 N–H and O–H groups in total. The molecule has 2 amide bonds. The van der Waals surface area contributed by atoms with Gasteiger partial charge in [-0.3, -0.25) is 9.59 Å². The highest BCUT2D eigenvalue weighted by molar-refractivity contribution is 5.90. The SMILES string of the molecule is CC(C)(C)OC(=O)NCCCC[C@H](NC(=O)C1CCCC1)C(=O)COc1c(F)ccc(F)c1F. The van der Waals surface area contributed by atoms with Gasteiger partial charge >= 0.3 is 6.09 Å². The molecule has 1 aromatic rings. The summed E-state index contributed by atoms with van der Waals surface area (Å²) in [5, 5.41) is 5.34. The van der Waals surface area contributed by atoms with Gasteiger partial charge < -0.3 is 20.1 Å². The molecule has 1 aliphatic carbocycles. The highest BCUT2D eigenvalue weighted by Crippen LogP contribution is 2.26. The molecule has 0 saturated heterocycles. The zero-order valence-electron chi connectivity index (χ0n) is 19.8. The summed E-state index contributed by atoms with van der Waals surface area (Å²) < 4.78 is 51.1. The average molecular weight is 487 g/mol. The van der Waals surface area contributed by atoms with Crippen molar-refractivity contribution in [3.8, 4) is 5.75 Å². The number of carbonyl (C=O) groups excluding carboxylic acids is 3. The van der Waals surface area contributed by atoms with E-state index in [2.05, 4.69) is 10.6 Å². The standard InChI is InChI=1S/C24H33F3N2O5/c1-24(2,3)34-23(32)28-13-7-6-10-18(29-22(31)15-8-4-5-9-15)19(30)14-33-21-17(26)12-11-16(25)20(21)27/h11-12,15,18H,4-10,13-14H2,1-3H3,(H,28,32)(H,29,31)/t18-/m0/s1. The van der Waals surface area contributed by atoms with Crippen molar-refractivity contribution in [2.24, 2.45) is 5.92 Å². The van der Waals surface area contributed by atoms with Crippen LogP contribution in [0.3, 0.4) is 0 Å². The molecule has 0 unspecified atom stereocenters. The maximum atomic E-state index is 13.8. The predicted octanol–water partition coefficient (Wildman–Crippen LogP) is 4.42. The van der Waals surface area contributed by atoms with E-state index in [4.69, 9.17) is 9.47 Å². The maximum Gasteiger partial charge on any atom is 0.407 e. The molecule has 0 radical (unpaired) electrons. The largest absolute Gasteiger partial charge is 0.480 e. The Morgan fingerprint density at radius 1 is 1.06 bits per heavy atom. The minimum absolute atomic E-state index is 0.178. The third-order valence-electron chi connectivity index (χ3n) is 5.38. The van der Waals surface area contributed by atoms with Gasteiger partial charge in [-0.05, 0) is 65.0 Å². The molecule has 0 aliphatic heterocycles. The lowest BCUT2D eigenvalue weighted by Crippen LogP contribution is -2.45. The summed E-state index contributed by atoms with van der Waals surface area (Å²) in [6, 6.07) is 0.388. The number of Topliss-reactive ketones (excluding diaryl/α,β-unsaturated/α-hetero) is 1. The minimum atomic E-state index is -1.52. The molecule has 1 atom stereocenters. The molecule has 1 aromatic carbocycles. The monoisotopic (exact) mass is 486 g/mol. The van der Waals surface area contributed by atoms with Crippen molar-refractivity contribution in [3.63, 3.8) is 0 Å². The van der Waals surface area contributed by atoms with Gasteiger partial charge in [-0.2, -0.15) is 4.39 Å².